The number of carbonyl (C=O) groups excluding carboxylic acids is 1. The van der Waals surface area contributed by atoms with Crippen LogP contribution < -0.4 is 15.6 Å². The van der Waals surface area contributed by atoms with Crippen molar-refractivity contribution in [3.8, 4) is 11.3 Å². The third-order valence-corrected chi connectivity index (χ3v) is 6.13. The summed E-state index contributed by atoms with van der Waals surface area (Å²) in [5, 5.41) is 3.38. The van der Waals surface area contributed by atoms with Crippen LogP contribution in [0, 0.1) is 5.82 Å². The van der Waals surface area contributed by atoms with E-state index in [1.807, 2.05) is 54.6 Å². The van der Waals surface area contributed by atoms with Crippen LogP contribution in [0.1, 0.15) is 27.2 Å². The van der Waals surface area contributed by atoms with Gasteiger partial charge in [-0.2, -0.15) is 4.57 Å². The maximum Gasteiger partial charge on any atom is 0.359 e. The lowest BCUT2D eigenvalue weighted by Crippen LogP contribution is -2.44. The molecule has 2 heterocycles. The van der Waals surface area contributed by atoms with Crippen molar-refractivity contribution in [2.24, 2.45) is 0 Å². The Bertz CT molecular complexity index is 1390. The van der Waals surface area contributed by atoms with Gasteiger partial charge in [0.25, 0.3) is 0 Å². The quantitative estimate of drug-likeness (QED) is 0.314. The fourth-order valence-corrected chi connectivity index (χ4v) is 4.45. The first-order valence-corrected chi connectivity index (χ1v) is 11.4. The zero-order valence-corrected chi connectivity index (χ0v) is 19.4. The molecule has 1 aromatic heterocycles. The molecule has 0 spiro atoms. The molecule has 1 aliphatic heterocycles. The maximum atomic E-state index is 14.9. The van der Waals surface area contributed by atoms with Crippen LogP contribution >= 0.6 is 0 Å². The van der Waals surface area contributed by atoms with Crippen LogP contribution in [0.5, 0.6) is 0 Å². The zero-order valence-electron chi connectivity index (χ0n) is 19.4. The number of nitrogen functional groups attached to an aromatic ring is 1. The van der Waals surface area contributed by atoms with Gasteiger partial charge < -0.3 is 10.5 Å². The molecule has 3 N–H and O–H groups in total. The molecule has 176 valence electrons. The van der Waals surface area contributed by atoms with E-state index in [2.05, 4.69) is 5.32 Å². The highest BCUT2D eigenvalue weighted by molar-refractivity contribution is 5.83. The van der Waals surface area contributed by atoms with E-state index in [-0.39, 0.29) is 17.2 Å². The molecule has 0 amide bonds. The van der Waals surface area contributed by atoms with E-state index >= 15 is 0 Å². The van der Waals surface area contributed by atoms with Gasteiger partial charge in [-0.1, -0.05) is 60.7 Å². The molecule has 4 aromatic rings. The van der Waals surface area contributed by atoms with Gasteiger partial charge in [0.1, 0.15) is 17.6 Å². The number of anilines is 2. The molecule has 1 atom stereocenters. The van der Waals surface area contributed by atoms with Crippen LogP contribution in [0.25, 0.3) is 11.3 Å². The van der Waals surface area contributed by atoms with Gasteiger partial charge >= 0.3 is 11.7 Å². The van der Waals surface area contributed by atoms with Crippen LogP contribution in [-0.2, 0) is 24.2 Å². The Morgan fingerprint density at radius 2 is 1.77 bits per heavy atom. The first-order valence-electron chi connectivity index (χ1n) is 11.4. The Morgan fingerprint density at radius 3 is 2.57 bits per heavy atom. The number of nitrogens with one attached hydrogen (secondary N) is 1. The fourth-order valence-electron chi connectivity index (χ4n) is 4.45. The minimum Gasteiger partial charge on any atom is -0.396 e. The Labute approximate surface area is 203 Å². The maximum absolute atomic E-state index is 14.9. The van der Waals surface area contributed by atoms with Crippen molar-refractivity contribution in [3.63, 3.8) is 0 Å². The Balaban J connectivity index is 1.54. The number of aromatic nitrogens is 2. The highest BCUT2D eigenvalue weighted by atomic mass is 19.1. The summed E-state index contributed by atoms with van der Waals surface area (Å²) >= 11 is 0. The van der Waals surface area contributed by atoms with E-state index in [4.69, 9.17) is 15.5 Å². The molecule has 35 heavy (non-hydrogen) atoms. The average Bonchev–Trinajstić information content (AvgIpc) is 3.17. The van der Waals surface area contributed by atoms with Gasteiger partial charge in [0.2, 0.25) is 0 Å². The second kappa shape index (κ2) is 9.64. The van der Waals surface area contributed by atoms with Crippen molar-refractivity contribution in [2.75, 3.05) is 18.2 Å². The molecule has 6 nitrogen and oxygen atoms in total. The van der Waals surface area contributed by atoms with Crippen molar-refractivity contribution in [1.29, 1.82) is 0 Å². The third kappa shape index (κ3) is 4.63. The molecular formula is C28H26FN4O2+. The van der Waals surface area contributed by atoms with Gasteiger partial charge in [0, 0.05) is 25.5 Å². The summed E-state index contributed by atoms with van der Waals surface area (Å²) in [5.74, 6) is -0.0273. The topological polar surface area (TPSA) is 81.1 Å². The van der Waals surface area contributed by atoms with Crippen LogP contribution in [0.15, 0.2) is 79.0 Å². The fraction of sp³-hybridized carbons (Fsp3) is 0.179. The normalized spacial score (nSPS) is 14.6. The van der Waals surface area contributed by atoms with Crippen molar-refractivity contribution < 1.29 is 18.5 Å². The number of benzene rings is 3. The van der Waals surface area contributed by atoms with E-state index in [0.717, 1.165) is 16.7 Å². The summed E-state index contributed by atoms with van der Waals surface area (Å²) in [6, 6.07) is 22.2. The number of nitrogens with zero attached hydrogens (tertiary/aromatic N) is 2. The highest BCUT2D eigenvalue weighted by Gasteiger charge is 2.41. The van der Waals surface area contributed by atoms with Crippen molar-refractivity contribution in [2.45, 2.75) is 25.5 Å². The van der Waals surface area contributed by atoms with E-state index in [1.54, 1.807) is 30.0 Å². The predicted octanol–water partition coefficient (Wildman–Crippen LogP) is 4.17. The molecule has 1 aliphatic rings. The molecule has 0 fully saturated rings. The van der Waals surface area contributed by atoms with Gasteiger partial charge in [0.05, 0.1) is 12.3 Å². The van der Waals surface area contributed by atoms with Crippen LogP contribution in [0.4, 0.5) is 15.9 Å². The van der Waals surface area contributed by atoms with Gasteiger partial charge in [-0.25, -0.2) is 14.2 Å². The Kier molecular flexibility index (Phi) is 6.25. The van der Waals surface area contributed by atoms with Gasteiger partial charge in [-0.15, -0.1) is 0 Å². The number of halogens is 1. The molecule has 0 bridgehead atoms. The molecule has 0 aliphatic carbocycles. The molecule has 5 rings (SSSR count). The first-order chi connectivity index (χ1) is 17.0. The summed E-state index contributed by atoms with van der Waals surface area (Å²) < 4.78 is 21.7. The van der Waals surface area contributed by atoms with Crippen molar-refractivity contribution >= 4 is 17.4 Å². The molecule has 0 saturated heterocycles. The van der Waals surface area contributed by atoms with Gasteiger partial charge in [0.15, 0.2) is 11.9 Å². The lowest BCUT2D eigenvalue weighted by Gasteiger charge is -2.09. The largest absolute Gasteiger partial charge is 0.396 e. The van der Waals surface area contributed by atoms with E-state index in [0.29, 0.717) is 36.7 Å². The summed E-state index contributed by atoms with van der Waals surface area (Å²) in [6.45, 7) is 0.509. The number of ether oxygens (including phenoxy) is 1. The molecule has 1 unspecified atom stereocenters. The number of carbonyl (C=O) groups is 1. The third-order valence-electron chi connectivity index (χ3n) is 6.13. The van der Waals surface area contributed by atoms with Gasteiger partial charge in [-0.05, 0) is 28.8 Å². The number of hydrogen-bond donors (Lipinski definition) is 2. The number of methoxy groups -OCH3 is 1. The lowest BCUT2D eigenvalue weighted by molar-refractivity contribution is -0.552. The average molecular weight is 470 g/mol. The Morgan fingerprint density at radius 1 is 1.03 bits per heavy atom. The zero-order chi connectivity index (χ0) is 24.4. The monoisotopic (exact) mass is 469 g/mol. The van der Waals surface area contributed by atoms with Crippen LogP contribution in [-0.4, -0.2) is 24.0 Å². The lowest BCUT2D eigenvalue weighted by atomic mass is 10.0. The molecular weight excluding hydrogens is 443 g/mol. The second-order valence-corrected chi connectivity index (χ2v) is 8.65. The van der Waals surface area contributed by atoms with Crippen molar-refractivity contribution in [3.05, 3.63) is 107 Å². The van der Waals surface area contributed by atoms with E-state index in [9.17, 15) is 9.18 Å². The summed E-state index contributed by atoms with van der Waals surface area (Å²) in [6.07, 6.45) is 2.59. The van der Waals surface area contributed by atoms with E-state index in [1.165, 1.54) is 6.07 Å². The molecule has 7 heteroatoms. The Hall–Kier alpha value is -4.10. The number of fused-ring (bicyclic) bond motifs is 1. The molecule has 3 aromatic carbocycles. The summed E-state index contributed by atoms with van der Waals surface area (Å²) in [4.78, 5) is 18.3. The number of hydrogen-bond acceptors (Lipinski definition) is 5. The predicted molar refractivity (Wildman–Crippen MR) is 132 cm³/mol. The SMILES string of the molecule is COCc1cccc(CC2Nc3c(Cc4ccccc4)nc(-c4cccc(N)c4F)c[n+]3C2=O)c1. The molecule has 0 radical (unpaired) electrons. The van der Waals surface area contributed by atoms with Crippen LogP contribution in [0.2, 0.25) is 0 Å². The standard InChI is InChI=1S/C28H25FN4O2/c1-35-17-20-10-5-9-19(13-20)15-24-28(34)33-16-25(21-11-6-12-22(30)26(21)29)31-23(27(33)32-24)14-18-7-3-2-4-8-18/h2-13,16,24H,14-15,17,30H2,1H3/p+1. The smallest absolute Gasteiger partial charge is 0.359 e. The highest BCUT2D eigenvalue weighted by Crippen LogP contribution is 2.28. The first kappa shape index (κ1) is 22.7. The van der Waals surface area contributed by atoms with E-state index < -0.39 is 11.9 Å². The second-order valence-electron chi connectivity index (χ2n) is 8.65. The van der Waals surface area contributed by atoms with Gasteiger partial charge in [-0.3, -0.25) is 5.32 Å². The molecule has 0 saturated carbocycles. The minimum atomic E-state index is -0.545. The summed E-state index contributed by atoms with van der Waals surface area (Å²) in [5.41, 5.74) is 10.2. The van der Waals surface area contributed by atoms with Crippen LogP contribution in [0.3, 0.4) is 0 Å². The van der Waals surface area contributed by atoms with Crippen molar-refractivity contribution in [1.82, 2.24) is 4.98 Å². The summed E-state index contributed by atoms with van der Waals surface area (Å²) in [7, 11) is 1.66. The number of nitrogens with two attached hydrogens (primary N) is 1. The minimum absolute atomic E-state index is 0.0395. The number of rotatable bonds is 7.